The standard InChI is InChI=1S/C22H15ClO4S/c1-13-4-9-16-18(11-13)27-21(14-5-7-15(23)8-6-14)22(20(16)25)26-12-17(24)19-3-2-10-28-19/h2-11H,12H2,1H3. The Hall–Kier alpha value is -2.89. The van der Waals surface area contributed by atoms with Gasteiger partial charge in [0.05, 0.1) is 10.3 Å². The summed E-state index contributed by atoms with van der Waals surface area (Å²) >= 11 is 7.31. The number of benzene rings is 2. The zero-order valence-corrected chi connectivity index (χ0v) is 16.5. The van der Waals surface area contributed by atoms with Gasteiger partial charge in [-0.25, -0.2) is 0 Å². The molecule has 0 saturated carbocycles. The largest absolute Gasteiger partial charge is 0.478 e. The van der Waals surface area contributed by atoms with E-state index in [-0.39, 0.29) is 29.3 Å². The van der Waals surface area contributed by atoms with Crippen LogP contribution >= 0.6 is 22.9 Å². The van der Waals surface area contributed by atoms with Gasteiger partial charge in [-0.2, -0.15) is 0 Å². The van der Waals surface area contributed by atoms with Gasteiger partial charge in [-0.3, -0.25) is 9.59 Å². The summed E-state index contributed by atoms with van der Waals surface area (Å²) in [5, 5.41) is 2.79. The Morgan fingerprint density at radius 1 is 1.14 bits per heavy atom. The Balaban J connectivity index is 1.82. The summed E-state index contributed by atoms with van der Waals surface area (Å²) < 4.78 is 11.7. The maximum absolute atomic E-state index is 13.1. The van der Waals surface area contributed by atoms with Crippen molar-refractivity contribution >= 4 is 39.7 Å². The van der Waals surface area contributed by atoms with Crippen molar-refractivity contribution in [3.05, 3.63) is 85.7 Å². The molecule has 0 aliphatic carbocycles. The minimum absolute atomic E-state index is 0.0172. The lowest BCUT2D eigenvalue weighted by atomic mass is 10.1. The van der Waals surface area contributed by atoms with E-state index in [0.717, 1.165) is 5.56 Å². The predicted molar refractivity (Wildman–Crippen MR) is 112 cm³/mol. The molecule has 0 bridgehead atoms. The number of fused-ring (bicyclic) bond motifs is 1. The minimum Gasteiger partial charge on any atom is -0.478 e. The molecule has 0 N–H and O–H groups in total. The number of aryl methyl sites for hydroxylation is 1. The van der Waals surface area contributed by atoms with Gasteiger partial charge in [0.15, 0.2) is 12.4 Å². The number of rotatable bonds is 5. The van der Waals surface area contributed by atoms with Crippen LogP contribution in [0.1, 0.15) is 15.2 Å². The van der Waals surface area contributed by atoms with Crippen LogP contribution in [0, 0.1) is 6.92 Å². The molecule has 0 aliphatic heterocycles. The molecule has 28 heavy (non-hydrogen) atoms. The first-order valence-corrected chi connectivity index (χ1v) is 9.81. The molecule has 0 aliphatic rings. The Morgan fingerprint density at radius 3 is 2.64 bits per heavy atom. The third-order valence-corrected chi connectivity index (χ3v) is 5.42. The van der Waals surface area contributed by atoms with E-state index in [1.807, 2.05) is 18.4 Å². The summed E-state index contributed by atoms with van der Waals surface area (Å²) in [5.74, 6) is 0.0998. The fourth-order valence-corrected chi connectivity index (χ4v) is 3.63. The Labute approximate surface area is 170 Å². The first kappa shape index (κ1) is 18.5. The van der Waals surface area contributed by atoms with Crippen LogP contribution in [0.15, 0.2) is 69.2 Å². The van der Waals surface area contributed by atoms with Gasteiger partial charge in [0.2, 0.25) is 17.0 Å². The highest BCUT2D eigenvalue weighted by Crippen LogP contribution is 2.32. The molecule has 2 aromatic heterocycles. The van der Waals surface area contributed by atoms with Crippen LogP contribution in [0.3, 0.4) is 0 Å². The Bertz CT molecular complexity index is 1210. The van der Waals surface area contributed by atoms with Crippen LogP contribution in [-0.4, -0.2) is 12.4 Å². The van der Waals surface area contributed by atoms with Crippen molar-refractivity contribution in [1.82, 2.24) is 0 Å². The number of hydrogen-bond donors (Lipinski definition) is 0. The van der Waals surface area contributed by atoms with Gasteiger partial charge in [-0.1, -0.05) is 23.7 Å². The number of Topliss-reactive ketones (excluding diaryl/α,β-unsaturated/α-hetero) is 1. The van der Waals surface area contributed by atoms with Gasteiger partial charge in [0.1, 0.15) is 5.58 Å². The van der Waals surface area contributed by atoms with Crippen molar-refractivity contribution < 1.29 is 13.9 Å². The van der Waals surface area contributed by atoms with Crippen LogP contribution in [-0.2, 0) is 0 Å². The second-order valence-electron chi connectivity index (χ2n) is 6.29. The van der Waals surface area contributed by atoms with Gasteiger partial charge < -0.3 is 9.15 Å². The SMILES string of the molecule is Cc1ccc2c(=O)c(OCC(=O)c3cccs3)c(-c3ccc(Cl)cc3)oc2c1. The Kier molecular flexibility index (Phi) is 5.03. The van der Waals surface area contributed by atoms with E-state index in [0.29, 0.717) is 26.4 Å². The number of carbonyl (C=O) groups is 1. The third kappa shape index (κ3) is 3.59. The summed E-state index contributed by atoms with van der Waals surface area (Å²) in [7, 11) is 0. The topological polar surface area (TPSA) is 56.5 Å². The molecule has 2 heterocycles. The number of ether oxygens (including phenoxy) is 1. The molecule has 4 nitrogen and oxygen atoms in total. The fourth-order valence-electron chi connectivity index (χ4n) is 2.85. The number of carbonyl (C=O) groups excluding carboxylic acids is 1. The molecule has 4 rings (SSSR count). The molecule has 0 spiro atoms. The summed E-state index contributed by atoms with van der Waals surface area (Å²) in [6.07, 6.45) is 0. The average Bonchev–Trinajstić information content (AvgIpc) is 3.22. The number of halogens is 1. The molecular weight excluding hydrogens is 396 g/mol. The lowest BCUT2D eigenvalue weighted by Gasteiger charge is -2.11. The summed E-state index contributed by atoms with van der Waals surface area (Å²) in [6.45, 7) is 1.68. The number of ketones is 1. The molecule has 2 aromatic carbocycles. The van der Waals surface area contributed by atoms with Crippen molar-refractivity contribution in [2.45, 2.75) is 6.92 Å². The maximum atomic E-state index is 13.1. The van der Waals surface area contributed by atoms with Crippen molar-refractivity contribution in [3.63, 3.8) is 0 Å². The second kappa shape index (κ2) is 7.62. The van der Waals surface area contributed by atoms with Crippen LogP contribution < -0.4 is 10.2 Å². The molecular formula is C22H15ClO4S. The highest BCUT2D eigenvalue weighted by Gasteiger charge is 2.19. The summed E-state index contributed by atoms with van der Waals surface area (Å²) in [6, 6.07) is 15.8. The maximum Gasteiger partial charge on any atom is 0.235 e. The first-order chi connectivity index (χ1) is 13.5. The van der Waals surface area contributed by atoms with Gasteiger partial charge >= 0.3 is 0 Å². The molecule has 0 radical (unpaired) electrons. The van der Waals surface area contributed by atoms with Crippen molar-refractivity contribution in [2.24, 2.45) is 0 Å². The van der Waals surface area contributed by atoms with E-state index >= 15 is 0 Å². The number of hydrogen-bond acceptors (Lipinski definition) is 5. The zero-order chi connectivity index (χ0) is 19.7. The van der Waals surface area contributed by atoms with Gasteiger partial charge in [-0.15, -0.1) is 11.3 Å². The minimum atomic E-state index is -0.315. The molecule has 0 fully saturated rings. The van der Waals surface area contributed by atoms with Crippen molar-refractivity contribution in [2.75, 3.05) is 6.61 Å². The van der Waals surface area contributed by atoms with Crippen LogP contribution in [0.4, 0.5) is 0 Å². The Morgan fingerprint density at radius 2 is 1.93 bits per heavy atom. The van der Waals surface area contributed by atoms with E-state index in [9.17, 15) is 9.59 Å². The normalized spacial score (nSPS) is 10.9. The summed E-state index contributed by atoms with van der Waals surface area (Å²) in [4.78, 5) is 26.0. The van der Waals surface area contributed by atoms with E-state index in [2.05, 4.69) is 0 Å². The molecule has 0 amide bonds. The molecule has 0 atom stereocenters. The molecule has 4 aromatic rings. The van der Waals surface area contributed by atoms with Gasteiger partial charge in [0, 0.05) is 10.6 Å². The quantitative estimate of drug-likeness (QED) is 0.393. The molecule has 0 unspecified atom stereocenters. The lowest BCUT2D eigenvalue weighted by molar-refractivity contribution is 0.0924. The smallest absolute Gasteiger partial charge is 0.235 e. The van der Waals surface area contributed by atoms with Crippen LogP contribution in [0.25, 0.3) is 22.3 Å². The second-order valence-corrected chi connectivity index (χ2v) is 7.67. The zero-order valence-electron chi connectivity index (χ0n) is 14.9. The van der Waals surface area contributed by atoms with Crippen molar-refractivity contribution in [3.8, 4) is 17.1 Å². The molecule has 6 heteroatoms. The highest BCUT2D eigenvalue weighted by atomic mass is 35.5. The van der Waals surface area contributed by atoms with E-state index in [4.69, 9.17) is 20.8 Å². The van der Waals surface area contributed by atoms with Gasteiger partial charge in [-0.05, 0) is 60.3 Å². The molecule has 140 valence electrons. The predicted octanol–water partition coefficient (Wildman–Crippen LogP) is 5.75. The van der Waals surface area contributed by atoms with E-state index in [1.54, 1.807) is 48.5 Å². The first-order valence-electron chi connectivity index (χ1n) is 8.56. The average molecular weight is 411 g/mol. The highest BCUT2D eigenvalue weighted by molar-refractivity contribution is 7.12. The summed E-state index contributed by atoms with van der Waals surface area (Å²) in [5.41, 5.74) is 1.76. The van der Waals surface area contributed by atoms with E-state index in [1.165, 1.54) is 11.3 Å². The lowest BCUT2D eigenvalue weighted by Crippen LogP contribution is -2.16. The third-order valence-electron chi connectivity index (χ3n) is 4.26. The van der Waals surface area contributed by atoms with Gasteiger partial charge in [0.25, 0.3) is 0 Å². The van der Waals surface area contributed by atoms with Crippen LogP contribution in [0.2, 0.25) is 5.02 Å². The van der Waals surface area contributed by atoms with Crippen molar-refractivity contribution in [1.29, 1.82) is 0 Å². The fraction of sp³-hybridized carbons (Fsp3) is 0.0909. The van der Waals surface area contributed by atoms with Crippen LogP contribution in [0.5, 0.6) is 5.75 Å². The monoisotopic (exact) mass is 410 g/mol. The number of thiophene rings is 1. The van der Waals surface area contributed by atoms with E-state index < -0.39 is 0 Å². The molecule has 0 saturated heterocycles.